The average Bonchev–Trinajstić information content (AvgIpc) is 2.81. The molecule has 0 aromatic heterocycles. The van der Waals surface area contributed by atoms with Crippen LogP contribution in [-0.2, 0) is 9.59 Å². The molecular formula is C21H22F3N3O2. The van der Waals surface area contributed by atoms with Gasteiger partial charge in [-0.15, -0.1) is 0 Å². The maximum absolute atomic E-state index is 13.7. The number of benzene rings is 2. The second-order valence-electron chi connectivity index (χ2n) is 7.05. The van der Waals surface area contributed by atoms with Crippen molar-refractivity contribution < 1.29 is 22.8 Å². The van der Waals surface area contributed by atoms with Crippen LogP contribution < -0.4 is 15.5 Å². The summed E-state index contributed by atoms with van der Waals surface area (Å²) in [5.74, 6) is -1.53. The Morgan fingerprint density at radius 2 is 1.86 bits per heavy atom. The quantitative estimate of drug-likeness (QED) is 0.810. The molecule has 0 saturated carbocycles. The molecule has 2 atom stereocenters. The molecule has 2 aromatic rings. The van der Waals surface area contributed by atoms with E-state index < -0.39 is 30.5 Å². The van der Waals surface area contributed by atoms with Crippen LogP contribution in [0.2, 0.25) is 0 Å². The highest BCUT2D eigenvalue weighted by atomic mass is 19.4. The molecule has 154 valence electrons. The molecular weight excluding hydrogens is 383 g/mol. The van der Waals surface area contributed by atoms with Gasteiger partial charge in [-0.1, -0.05) is 36.4 Å². The number of hydrogen-bond acceptors (Lipinski definition) is 3. The molecule has 0 spiro atoms. The zero-order valence-corrected chi connectivity index (χ0v) is 16.1. The lowest BCUT2D eigenvalue weighted by Crippen LogP contribution is -2.52. The molecule has 2 aromatic carbocycles. The van der Waals surface area contributed by atoms with E-state index in [0.717, 1.165) is 11.1 Å². The zero-order valence-electron chi connectivity index (χ0n) is 16.1. The van der Waals surface area contributed by atoms with Crippen molar-refractivity contribution in [3.63, 3.8) is 0 Å². The van der Waals surface area contributed by atoms with E-state index in [9.17, 15) is 22.8 Å². The first-order valence-electron chi connectivity index (χ1n) is 9.25. The van der Waals surface area contributed by atoms with Gasteiger partial charge in [0, 0.05) is 6.04 Å². The van der Waals surface area contributed by atoms with Gasteiger partial charge in [0.25, 0.3) is 0 Å². The standard InChI is InChI=1S/C21H22F3N3O2/c1-13-7-3-4-8-15(13)14(2)25-12-20(29)27-17-10-6-5-9-16(17)26-19(28)11-18(27)21(22,23)24/h3-10,14,18,25H,11-12H2,1-2H3,(H,26,28). The average molecular weight is 405 g/mol. The van der Waals surface area contributed by atoms with Crippen LogP contribution in [0, 0.1) is 6.92 Å². The van der Waals surface area contributed by atoms with E-state index in [4.69, 9.17) is 0 Å². The van der Waals surface area contributed by atoms with Crippen molar-refractivity contribution in [2.45, 2.75) is 38.5 Å². The summed E-state index contributed by atoms with van der Waals surface area (Å²) in [7, 11) is 0. The highest BCUT2D eigenvalue weighted by molar-refractivity contribution is 6.05. The molecule has 0 radical (unpaired) electrons. The SMILES string of the molecule is Cc1ccccc1C(C)NCC(=O)N1c2ccccc2NC(=O)CC1C(F)(F)F. The molecule has 2 unspecified atom stereocenters. The number of fused-ring (bicyclic) bond motifs is 1. The number of rotatable bonds is 4. The van der Waals surface area contributed by atoms with Gasteiger partial charge in [-0.05, 0) is 37.1 Å². The van der Waals surface area contributed by atoms with Gasteiger partial charge in [0.15, 0.2) is 0 Å². The number of nitrogens with zero attached hydrogens (tertiary/aromatic N) is 1. The fourth-order valence-corrected chi connectivity index (χ4v) is 3.50. The van der Waals surface area contributed by atoms with Gasteiger partial charge in [-0.3, -0.25) is 14.5 Å². The maximum Gasteiger partial charge on any atom is 0.409 e. The van der Waals surface area contributed by atoms with Crippen LogP contribution in [0.4, 0.5) is 24.5 Å². The van der Waals surface area contributed by atoms with Gasteiger partial charge in [-0.2, -0.15) is 13.2 Å². The number of aryl methyl sites for hydroxylation is 1. The van der Waals surface area contributed by atoms with E-state index in [0.29, 0.717) is 4.90 Å². The van der Waals surface area contributed by atoms with Gasteiger partial charge in [-0.25, -0.2) is 0 Å². The first kappa shape index (κ1) is 20.9. The molecule has 29 heavy (non-hydrogen) atoms. The van der Waals surface area contributed by atoms with Crippen LogP contribution in [0.15, 0.2) is 48.5 Å². The van der Waals surface area contributed by atoms with E-state index in [1.807, 2.05) is 38.1 Å². The third kappa shape index (κ3) is 4.59. The second-order valence-corrected chi connectivity index (χ2v) is 7.05. The number of carbonyl (C=O) groups is 2. The topological polar surface area (TPSA) is 61.4 Å². The number of hydrogen-bond donors (Lipinski definition) is 2. The zero-order chi connectivity index (χ0) is 21.2. The number of para-hydroxylation sites is 2. The van der Waals surface area contributed by atoms with Crippen molar-refractivity contribution in [2.75, 3.05) is 16.8 Å². The van der Waals surface area contributed by atoms with Crippen molar-refractivity contribution >= 4 is 23.2 Å². The van der Waals surface area contributed by atoms with Gasteiger partial charge in [0.1, 0.15) is 6.04 Å². The van der Waals surface area contributed by atoms with E-state index in [-0.39, 0.29) is 24.0 Å². The Hall–Kier alpha value is -2.87. The van der Waals surface area contributed by atoms with Gasteiger partial charge >= 0.3 is 6.18 Å². The highest BCUT2D eigenvalue weighted by Crippen LogP contribution is 2.37. The van der Waals surface area contributed by atoms with E-state index >= 15 is 0 Å². The molecule has 2 amide bonds. The molecule has 5 nitrogen and oxygen atoms in total. The summed E-state index contributed by atoms with van der Waals surface area (Å²) in [4.78, 5) is 25.6. The molecule has 0 fully saturated rings. The summed E-state index contributed by atoms with van der Waals surface area (Å²) in [6.45, 7) is 3.47. The Morgan fingerprint density at radius 1 is 1.21 bits per heavy atom. The van der Waals surface area contributed by atoms with Crippen LogP contribution in [-0.4, -0.2) is 30.6 Å². The fourth-order valence-electron chi connectivity index (χ4n) is 3.50. The van der Waals surface area contributed by atoms with Crippen LogP contribution in [0.1, 0.15) is 30.5 Å². The van der Waals surface area contributed by atoms with Crippen LogP contribution in [0.25, 0.3) is 0 Å². The molecule has 0 aliphatic carbocycles. The lowest BCUT2D eigenvalue weighted by molar-refractivity contribution is -0.157. The van der Waals surface area contributed by atoms with Gasteiger partial charge < -0.3 is 10.6 Å². The largest absolute Gasteiger partial charge is 0.409 e. The smallest absolute Gasteiger partial charge is 0.324 e. The molecule has 0 bridgehead atoms. The van der Waals surface area contributed by atoms with Crippen LogP contribution >= 0.6 is 0 Å². The lowest BCUT2D eigenvalue weighted by Gasteiger charge is -2.32. The Kier molecular flexibility index (Phi) is 5.93. The van der Waals surface area contributed by atoms with Gasteiger partial charge in [0.05, 0.1) is 24.3 Å². The van der Waals surface area contributed by atoms with E-state index in [2.05, 4.69) is 10.6 Å². The van der Waals surface area contributed by atoms with E-state index in [1.165, 1.54) is 18.2 Å². The van der Waals surface area contributed by atoms with Crippen LogP contribution in [0.3, 0.4) is 0 Å². The monoisotopic (exact) mass is 405 g/mol. The molecule has 0 saturated heterocycles. The normalized spacial score (nSPS) is 17.9. The maximum atomic E-state index is 13.7. The number of carbonyl (C=O) groups excluding carboxylic acids is 2. The Bertz CT molecular complexity index is 914. The number of anilines is 2. The number of amides is 2. The van der Waals surface area contributed by atoms with Crippen LogP contribution in [0.5, 0.6) is 0 Å². The lowest BCUT2D eigenvalue weighted by atomic mass is 10.0. The second kappa shape index (κ2) is 8.24. The summed E-state index contributed by atoms with van der Waals surface area (Å²) >= 11 is 0. The number of nitrogens with one attached hydrogen (secondary N) is 2. The predicted molar refractivity (Wildman–Crippen MR) is 105 cm³/mol. The summed E-state index contributed by atoms with van der Waals surface area (Å²) < 4.78 is 41.2. The minimum atomic E-state index is -4.74. The van der Waals surface area contributed by atoms with E-state index in [1.54, 1.807) is 6.07 Å². The Balaban J connectivity index is 1.87. The minimum absolute atomic E-state index is 0.0380. The molecule has 1 aliphatic heterocycles. The van der Waals surface area contributed by atoms with Crippen molar-refractivity contribution in [2.24, 2.45) is 0 Å². The number of alkyl halides is 3. The molecule has 1 aliphatic rings. The highest BCUT2D eigenvalue weighted by Gasteiger charge is 2.48. The molecule has 1 heterocycles. The Labute approximate surface area is 166 Å². The summed E-state index contributed by atoms with van der Waals surface area (Å²) in [5, 5.41) is 5.46. The van der Waals surface area contributed by atoms with Gasteiger partial charge in [0.2, 0.25) is 11.8 Å². The first-order valence-corrected chi connectivity index (χ1v) is 9.25. The number of halogens is 3. The van der Waals surface area contributed by atoms with Crippen molar-refractivity contribution in [3.8, 4) is 0 Å². The predicted octanol–water partition coefficient (Wildman–Crippen LogP) is 3.95. The summed E-state index contributed by atoms with van der Waals surface area (Å²) in [5.41, 5.74) is 2.20. The Morgan fingerprint density at radius 3 is 2.55 bits per heavy atom. The molecule has 2 N–H and O–H groups in total. The summed E-state index contributed by atoms with van der Waals surface area (Å²) in [6.07, 6.45) is -5.59. The fraction of sp³-hybridized carbons (Fsp3) is 0.333. The summed E-state index contributed by atoms with van der Waals surface area (Å²) in [6, 6.07) is 11.1. The molecule has 8 heteroatoms. The third-order valence-corrected chi connectivity index (χ3v) is 4.99. The van der Waals surface area contributed by atoms with Crippen molar-refractivity contribution in [1.82, 2.24) is 5.32 Å². The van der Waals surface area contributed by atoms with Crippen molar-refractivity contribution in [3.05, 3.63) is 59.7 Å². The molecule has 3 rings (SSSR count). The minimum Gasteiger partial charge on any atom is -0.324 e. The van der Waals surface area contributed by atoms with Crippen molar-refractivity contribution in [1.29, 1.82) is 0 Å². The first-order chi connectivity index (χ1) is 13.7. The third-order valence-electron chi connectivity index (χ3n) is 4.99.